The highest BCUT2D eigenvalue weighted by molar-refractivity contribution is 5.99. The molecule has 2 aromatic heterocycles. The molecule has 2 aromatic rings. The molecule has 0 saturated heterocycles. The van der Waals surface area contributed by atoms with Crippen molar-refractivity contribution in [2.45, 2.75) is 51.2 Å². The number of ether oxygens (including phenoxy) is 1. The molecule has 0 amide bonds. The van der Waals surface area contributed by atoms with Crippen molar-refractivity contribution in [2.75, 3.05) is 19.5 Å². The monoisotopic (exact) mass is 382 g/mol. The first-order valence-corrected chi connectivity index (χ1v) is 9.61. The molecule has 8 nitrogen and oxygen atoms in total. The number of nitrogens with one attached hydrogen (secondary N) is 2. The average molecular weight is 382 g/mol. The molecule has 0 bridgehead atoms. The number of likely N-dealkylation sites (N-methyl/N-ethyl adjacent to an activating group) is 1. The van der Waals surface area contributed by atoms with Gasteiger partial charge in [-0.3, -0.25) is 4.68 Å². The number of methoxy groups -OCH3 is 1. The Bertz CT molecular complexity index is 885. The second-order valence-electron chi connectivity index (χ2n) is 6.90. The van der Waals surface area contributed by atoms with Crippen LogP contribution in [0.2, 0.25) is 0 Å². The first-order valence-electron chi connectivity index (χ1n) is 9.61. The van der Waals surface area contributed by atoms with Crippen LogP contribution in [0.3, 0.4) is 0 Å². The summed E-state index contributed by atoms with van der Waals surface area (Å²) in [5.74, 6) is -0.00350. The molecule has 1 aliphatic carbocycles. The van der Waals surface area contributed by atoms with Gasteiger partial charge < -0.3 is 15.4 Å². The number of anilines is 1. The van der Waals surface area contributed by atoms with Gasteiger partial charge in [-0.25, -0.2) is 9.78 Å². The highest BCUT2D eigenvalue weighted by Crippen LogP contribution is 2.29. The van der Waals surface area contributed by atoms with Gasteiger partial charge in [0, 0.05) is 30.4 Å². The molecule has 28 heavy (non-hydrogen) atoms. The van der Waals surface area contributed by atoms with E-state index >= 15 is 0 Å². The van der Waals surface area contributed by atoms with Gasteiger partial charge in [-0.2, -0.15) is 10.4 Å². The normalized spacial score (nSPS) is 19.1. The fraction of sp³-hybridized carbons (Fsp3) is 0.500. The number of carbonyl (C=O) groups is 1. The van der Waals surface area contributed by atoms with Crippen LogP contribution in [-0.4, -0.2) is 47.0 Å². The van der Waals surface area contributed by atoms with E-state index in [0.717, 1.165) is 19.3 Å². The molecule has 2 unspecified atom stereocenters. The molecule has 0 aliphatic heterocycles. The molecule has 0 spiro atoms. The SMILES string of the molecule is CCn1cc(-c2nc(NC3CCCCC3NC)cc(C#N)c2C(=O)OC)cn1. The van der Waals surface area contributed by atoms with Crippen molar-refractivity contribution >= 4 is 11.8 Å². The van der Waals surface area contributed by atoms with E-state index in [1.807, 2.05) is 20.2 Å². The van der Waals surface area contributed by atoms with Gasteiger partial charge in [0.05, 0.1) is 24.6 Å². The molecule has 0 radical (unpaired) electrons. The lowest BCUT2D eigenvalue weighted by molar-refractivity contribution is 0.0601. The summed E-state index contributed by atoms with van der Waals surface area (Å²) in [6.07, 6.45) is 7.93. The smallest absolute Gasteiger partial charge is 0.341 e. The topological polar surface area (TPSA) is 105 Å². The average Bonchev–Trinajstić information content (AvgIpc) is 3.22. The fourth-order valence-corrected chi connectivity index (χ4v) is 3.72. The number of nitriles is 1. The largest absolute Gasteiger partial charge is 0.465 e. The molecule has 148 valence electrons. The maximum absolute atomic E-state index is 12.4. The number of nitrogens with zero attached hydrogens (tertiary/aromatic N) is 4. The Hall–Kier alpha value is -2.92. The fourth-order valence-electron chi connectivity index (χ4n) is 3.72. The Balaban J connectivity index is 2.06. The Morgan fingerprint density at radius 1 is 1.39 bits per heavy atom. The number of carbonyl (C=O) groups excluding carboxylic acids is 1. The number of rotatable bonds is 6. The highest BCUT2D eigenvalue weighted by Gasteiger charge is 2.26. The van der Waals surface area contributed by atoms with Crippen molar-refractivity contribution in [1.29, 1.82) is 5.26 Å². The van der Waals surface area contributed by atoms with E-state index in [0.29, 0.717) is 29.7 Å². The maximum atomic E-state index is 12.4. The number of aryl methyl sites for hydroxylation is 1. The van der Waals surface area contributed by atoms with Crippen LogP contribution in [0.5, 0.6) is 0 Å². The minimum atomic E-state index is -0.583. The predicted molar refractivity (Wildman–Crippen MR) is 106 cm³/mol. The summed E-state index contributed by atoms with van der Waals surface area (Å²) in [7, 11) is 3.26. The number of hydrogen-bond acceptors (Lipinski definition) is 7. The van der Waals surface area contributed by atoms with Gasteiger partial charge in [0.2, 0.25) is 0 Å². The summed E-state index contributed by atoms with van der Waals surface area (Å²) in [6.45, 7) is 2.67. The van der Waals surface area contributed by atoms with Gasteiger partial charge in [-0.1, -0.05) is 12.8 Å². The van der Waals surface area contributed by atoms with Crippen LogP contribution in [0.4, 0.5) is 5.82 Å². The summed E-state index contributed by atoms with van der Waals surface area (Å²) in [5, 5.41) is 20.8. The second kappa shape index (κ2) is 8.85. The lowest BCUT2D eigenvalue weighted by Crippen LogP contribution is -2.44. The van der Waals surface area contributed by atoms with Gasteiger partial charge in [0.15, 0.2) is 0 Å². The van der Waals surface area contributed by atoms with Crippen molar-refractivity contribution in [3.63, 3.8) is 0 Å². The molecule has 2 N–H and O–H groups in total. The van der Waals surface area contributed by atoms with Crippen LogP contribution in [0, 0.1) is 11.3 Å². The van der Waals surface area contributed by atoms with Crippen molar-refractivity contribution in [3.8, 4) is 17.3 Å². The lowest BCUT2D eigenvalue weighted by Gasteiger charge is -2.32. The van der Waals surface area contributed by atoms with Crippen LogP contribution in [-0.2, 0) is 11.3 Å². The van der Waals surface area contributed by atoms with Gasteiger partial charge in [0.25, 0.3) is 0 Å². The molecule has 1 saturated carbocycles. The zero-order chi connectivity index (χ0) is 20.1. The summed E-state index contributed by atoms with van der Waals surface area (Å²) in [5.41, 5.74) is 1.49. The van der Waals surface area contributed by atoms with Crippen molar-refractivity contribution in [1.82, 2.24) is 20.1 Å². The van der Waals surface area contributed by atoms with Gasteiger partial charge in [0.1, 0.15) is 17.5 Å². The molecular weight excluding hydrogens is 356 g/mol. The molecule has 8 heteroatoms. The van der Waals surface area contributed by atoms with E-state index in [-0.39, 0.29) is 17.2 Å². The van der Waals surface area contributed by atoms with Crippen LogP contribution in [0.15, 0.2) is 18.5 Å². The summed E-state index contributed by atoms with van der Waals surface area (Å²) in [4.78, 5) is 17.1. The van der Waals surface area contributed by atoms with Gasteiger partial charge in [-0.15, -0.1) is 0 Å². The molecule has 2 atom stereocenters. The van der Waals surface area contributed by atoms with Crippen LogP contribution < -0.4 is 10.6 Å². The second-order valence-corrected chi connectivity index (χ2v) is 6.90. The molecule has 2 heterocycles. The Labute approximate surface area is 164 Å². The third kappa shape index (κ3) is 3.99. The Kier molecular flexibility index (Phi) is 6.26. The number of pyridine rings is 1. The van der Waals surface area contributed by atoms with E-state index < -0.39 is 5.97 Å². The maximum Gasteiger partial charge on any atom is 0.341 e. The standard InChI is InChI=1S/C20H26N6O2/c1-4-26-12-14(11-23-26)19-18(20(27)28-3)13(10-21)9-17(25-19)24-16-8-6-5-7-15(16)22-2/h9,11-12,15-16,22H,4-8H2,1-3H3,(H,24,25). The predicted octanol–water partition coefficient (Wildman–Crippen LogP) is 2.57. The van der Waals surface area contributed by atoms with E-state index in [9.17, 15) is 10.1 Å². The van der Waals surface area contributed by atoms with Crippen LogP contribution in [0.25, 0.3) is 11.3 Å². The van der Waals surface area contributed by atoms with E-state index in [4.69, 9.17) is 4.74 Å². The highest BCUT2D eigenvalue weighted by atomic mass is 16.5. The molecular formula is C20H26N6O2. The number of hydrogen-bond donors (Lipinski definition) is 2. The minimum Gasteiger partial charge on any atom is -0.465 e. The van der Waals surface area contributed by atoms with E-state index in [2.05, 4.69) is 26.8 Å². The van der Waals surface area contributed by atoms with Crippen LogP contribution >= 0.6 is 0 Å². The molecule has 0 aromatic carbocycles. The quantitative estimate of drug-likeness (QED) is 0.740. The lowest BCUT2D eigenvalue weighted by atomic mass is 9.90. The Morgan fingerprint density at radius 3 is 2.75 bits per heavy atom. The third-order valence-corrected chi connectivity index (χ3v) is 5.23. The van der Waals surface area contributed by atoms with E-state index in [1.165, 1.54) is 13.5 Å². The zero-order valence-corrected chi connectivity index (χ0v) is 16.5. The summed E-state index contributed by atoms with van der Waals surface area (Å²) >= 11 is 0. The minimum absolute atomic E-state index is 0.167. The molecule has 3 rings (SSSR count). The number of esters is 1. The summed E-state index contributed by atoms with van der Waals surface area (Å²) < 4.78 is 6.66. The van der Waals surface area contributed by atoms with Gasteiger partial charge in [-0.05, 0) is 32.9 Å². The number of aromatic nitrogens is 3. The first kappa shape index (κ1) is 19.8. The Morgan fingerprint density at radius 2 is 2.14 bits per heavy atom. The summed E-state index contributed by atoms with van der Waals surface area (Å²) in [6, 6.07) is 4.30. The molecule has 1 fully saturated rings. The van der Waals surface area contributed by atoms with Gasteiger partial charge >= 0.3 is 5.97 Å². The van der Waals surface area contributed by atoms with Crippen molar-refractivity contribution < 1.29 is 9.53 Å². The zero-order valence-electron chi connectivity index (χ0n) is 16.5. The van der Waals surface area contributed by atoms with Crippen molar-refractivity contribution in [2.24, 2.45) is 0 Å². The van der Waals surface area contributed by atoms with E-state index in [1.54, 1.807) is 16.9 Å². The third-order valence-electron chi connectivity index (χ3n) is 5.23. The first-order chi connectivity index (χ1) is 13.6. The van der Waals surface area contributed by atoms with Crippen LogP contribution in [0.1, 0.15) is 48.5 Å². The molecule has 1 aliphatic rings. The van der Waals surface area contributed by atoms with Crippen molar-refractivity contribution in [3.05, 3.63) is 29.6 Å².